The number of carbonyl (C=O) groups is 2. The Hall–Kier alpha value is -1.84. The van der Waals surface area contributed by atoms with Crippen LogP contribution in [0.25, 0.3) is 0 Å². The largest absolute Gasteiger partial charge is 0.478 e. The molecule has 4 nitrogen and oxygen atoms in total. The Bertz CT molecular complexity index is 470. The van der Waals surface area contributed by atoms with Crippen molar-refractivity contribution >= 4 is 11.9 Å². The number of carboxylic acids is 1. The third kappa shape index (κ3) is 3.81. The van der Waals surface area contributed by atoms with Crippen LogP contribution < -0.4 is 0 Å². The van der Waals surface area contributed by atoms with Gasteiger partial charge >= 0.3 is 5.97 Å². The van der Waals surface area contributed by atoms with Crippen LogP contribution in [0, 0.1) is 0 Å². The molecule has 1 aromatic carbocycles. The summed E-state index contributed by atoms with van der Waals surface area (Å²) < 4.78 is 0. The average Bonchev–Trinajstić information content (AvgIpc) is 2.39. The maximum absolute atomic E-state index is 12.0. The van der Waals surface area contributed by atoms with Crippen molar-refractivity contribution in [1.29, 1.82) is 0 Å². The van der Waals surface area contributed by atoms with Gasteiger partial charge in [-0.05, 0) is 30.5 Å². The van der Waals surface area contributed by atoms with Gasteiger partial charge in [-0.15, -0.1) is 0 Å². The van der Waals surface area contributed by atoms with Crippen molar-refractivity contribution in [2.45, 2.75) is 38.6 Å². The van der Waals surface area contributed by atoms with Crippen molar-refractivity contribution in [2.75, 3.05) is 6.54 Å². The molecule has 0 saturated carbocycles. The molecule has 1 amide bonds. The summed E-state index contributed by atoms with van der Waals surface area (Å²) in [4.78, 5) is 24.8. The fourth-order valence-electron chi connectivity index (χ4n) is 2.41. The predicted octanol–water partition coefficient (Wildman–Crippen LogP) is 2.68. The molecule has 1 aliphatic rings. The van der Waals surface area contributed by atoms with E-state index >= 15 is 0 Å². The van der Waals surface area contributed by atoms with Crippen LogP contribution >= 0.6 is 0 Å². The van der Waals surface area contributed by atoms with Gasteiger partial charge in [0, 0.05) is 19.5 Å². The fraction of sp³-hybridized carbons (Fsp3) is 0.467. The van der Waals surface area contributed by atoms with E-state index in [0.717, 1.165) is 31.4 Å². The van der Waals surface area contributed by atoms with E-state index in [-0.39, 0.29) is 11.5 Å². The van der Waals surface area contributed by atoms with Crippen LogP contribution in [0.15, 0.2) is 24.3 Å². The number of carbonyl (C=O) groups excluding carboxylic acids is 1. The van der Waals surface area contributed by atoms with E-state index in [1.54, 1.807) is 18.2 Å². The van der Waals surface area contributed by atoms with E-state index in [0.29, 0.717) is 13.0 Å². The molecule has 0 bridgehead atoms. The average molecular weight is 261 g/mol. The molecule has 1 aromatic rings. The zero-order valence-corrected chi connectivity index (χ0v) is 11.0. The first-order valence-corrected chi connectivity index (χ1v) is 6.77. The minimum absolute atomic E-state index is 0.181. The first-order valence-electron chi connectivity index (χ1n) is 6.77. The summed E-state index contributed by atoms with van der Waals surface area (Å²) >= 11 is 0. The molecule has 0 aliphatic carbocycles. The van der Waals surface area contributed by atoms with Crippen molar-refractivity contribution in [3.63, 3.8) is 0 Å². The highest BCUT2D eigenvalue weighted by atomic mass is 16.4. The topological polar surface area (TPSA) is 57.6 Å². The Kier molecular flexibility index (Phi) is 4.55. The van der Waals surface area contributed by atoms with E-state index in [9.17, 15) is 9.59 Å². The number of likely N-dealkylation sites (tertiary alicyclic amines) is 1. The van der Waals surface area contributed by atoms with Crippen molar-refractivity contribution in [1.82, 2.24) is 4.90 Å². The monoisotopic (exact) mass is 261 g/mol. The minimum atomic E-state index is -0.930. The van der Waals surface area contributed by atoms with Crippen LogP contribution in [0.3, 0.4) is 0 Å². The number of rotatable bonds is 3. The van der Waals surface area contributed by atoms with Gasteiger partial charge in [-0.1, -0.05) is 25.0 Å². The summed E-state index contributed by atoms with van der Waals surface area (Å²) in [5.74, 6) is -0.749. The molecular formula is C15H19NO3. The zero-order valence-electron chi connectivity index (χ0n) is 11.0. The Morgan fingerprint density at radius 3 is 2.79 bits per heavy atom. The van der Waals surface area contributed by atoms with E-state index in [2.05, 4.69) is 0 Å². The van der Waals surface area contributed by atoms with E-state index in [1.807, 2.05) is 11.0 Å². The van der Waals surface area contributed by atoms with Gasteiger partial charge < -0.3 is 10.0 Å². The molecule has 0 radical (unpaired) electrons. The van der Waals surface area contributed by atoms with Gasteiger partial charge in [0.2, 0.25) is 5.91 Å². The quantitative estimate of drug-likeness (QED) is 0.910. The Morgan fingerprint density at radius 1 is 1.21 bits per heavy atom. The van der Waals surface area contributed by atoms with E-state index in [1.165, 1.54) is 6.42 Å². The van der Waals surface area contributed by atoms with E-state index < -0.39 is 5.97 Å². The van der Waals surface area contributed by atoms with Crippen LogP contribution in [0.4, 0.5) is 0 Å². The smallest absolute Gasteiger partial charge is 0.335 e. The lowest BCUT2D eigenvalue weighted by molar-refractivity contribution is -0.132. The Labute approximate surface area is 113 Å². The highest BCUT2D eigenvalue weighted by Crippen LogP contribution is 2.15. The molecule has 1 fully saturated rings. The number of nitrogens with zero attached hydrogens (tertiary/aromatic N) is 1. The van der Waals surface area contributed by atoms with Crippen molar-refractivity contribution in [3.8, 4) is 0 Å². The molecule has 1 heterocycles. The van der Waals surface area contributed by atoms with Gasteiger partial charge in [-0.2, -0.15) is 0 Å². The van der Waals surface area contributed by atoms with Gasteiger partial charge in [0.25, 0.3) is 0 Å². The van der Waals surface area contributed by atoms with Crippen LogP contribution in [0.1, 0.15) is 48.0 Å². The summed E-state index contributed by atoms with van der Waals surface area (Å²) in [6, 6.07) is 6.82. The summed E-state index contributed by atoms with van der Waals surface area (Å²) in [6.45, 7) is 1.29. The third-order valence-electron chi connectivity index (χ3n) is 3.47. The second-order valence-corrected chi connectivity index (χ2v) is 4.99. The van der Waals surface area contributed by atoms with Crippen molar-refractivity contribution < 1.29 is 14.7 Å². The molecule has 1 N–H and O–H groups in total. The van der Waals surface area contributed by atoms with E-state index in [4.69, 9.17) is 5.11 Å². The lowest BCUT2D eigenvalue weighted by Gasteiger charge is -2.25. The van der Waals surface area contributed by atoms with Gasteiger partial charge in [-0.25, -0.2) is 4.79 Å². The predicted molar refractivity (Wildman–Crippen MR) is 71.9 cm³/mol. The number of benzene rings is 1. The van der Waals surface area contributed by atoms with Gasteiger partial charge in [0.1, 0.15) is 0 Å². The highest BCUT2D eigenvalue weighted by Gasteiger charge is 2.16. The molecule has 1 aliphatic heterocycles. The number of carboxylic acid groups (broad SMARTS) is 1. The molecule has 19 heavy (non-hydrogen) atoms. The zero-order chi connectivity index (χ0) is 13.7. The first-order chi connectivity index (χ1) is 9.16. The lowest BCUT2D eigenvalue weighted by atomic mass is 10.1. The molecule has 0 spiro atoms. The van der Waals surface area contributed by atoms with Crippen molar-refractivity contribution in [2.24, 2.45) is 0 Å². The first kappa shape index (κ1) is 13.6. The van der Waals surface area contributed by atoms with Gasteiger partial charge in [0.15, 0.2) is 0 Å². The molecule has 102 valence electrons. The molecule has 4 heteroatoms. The SMILES string of the molecule is O=C(O)c1cccc(CN2CCCCCCC2=O)c1. The van der Waals surface area contributed by atoms with Crippen LogP contribution in [-0.4, -0.2) is 28.4 Å². The number of hydrogen-bond acceptors (Lipinski definition) is 2. The molecular weight excluding hydrogens is 242 g/mol. The molecule has 0 unspecified atom stereocenters. The number of aromatic carboxylic acids is 1. The van der Waals surface area contributed by atoms with Gasteiger partial charge in [0.05, 0.1) is 5.56 Å². The third-order valence-corrected chi connectivity index (χ3v) is 3.47. The number of amides is 1. The van der Waals surface area contributed by atoms with Crippen molar-refractivity contribution in [3.05, 3.63) is 35.4 Å². The maximum atomic E-state index is 12.0. The maximum Gasteiger partial charge on any atom is 0.335 e. The standard InChI is InChI=1S/C15H19NO3/c17-14-8-3-1-2-4-9-16(14)11-12-6-5-7-13(10-12)15(18)19/h5-7,10H,1-4,8-9,11H2,(H,18,19). The highest BCUT2D eigenvalue weighted by molar-refractivity contribution is 5.87. The summed E-state index contributed by atoms with van der Waals surface area (Å²) in [7, 11) is 0. The summed E-state index contributed by atoms with van der Waals surface area (Å²) in [6.07, 6.45) is 4.90. The fourth-order valence-corrected chi connectivity index (χ4v) is 2.41. The number of hydrogen-bond donors (Lipinski definition) is 1. The molecule has 0 atom stereocenters. The lowest BCUT2D eigenvalue weighted by Crippen LogP contribution is -2.32. The van der Waals surface area contributed by atoms with Crippen LogP contribution in [0.5, 0.6) is 0 Å². The molecule has 0 aromatic heterocycles. The summed E-state index contributed by atoms with van der Waals surface area (Å²) in [5.41, 5.74) is 1.16. The Balaban J connectivity index is 2.07. The van der Waals surface area contributed by atoms with Gasteiger partial charge in [-0.3, -0.25) is 4.79 Å². The molecule has 1 saturated heterocycles. The molecule has 2 rings (SSSR count). The Morgan fingerprint density at radius 2 is 2.00 bits per heavy atom. The summed E-state index contributed by atoms with van der Waals surface area (Å²) in [5, 5.41) is 8.97. The van der Waals surface area contributed by atoms with Crippen LogP contribution in [0.2, 0.25) is 0 Å². The minimum Gasteiger partial charge on any atom is -0.478 e. The van der Waals surface area contributed by atoms with Crippen LogP contribution in [-0.2, 0) is 11.3 Å². The second-order valence-electron chi connectivity index (χ2n) is 4.99. The second kappa shape index (κ2) is 6.36. The normalized spacial score (nSPS) is 16.8.